The minimum Gasteiger partial charge on any atom is -0.497 e. The Morgan fingerprint density at radius 2 is 1.87 bits per heavy atom. The molecule has 0 bridgehead atoms. The van der Waals surface area contributed by atoms with E-state index in [0.29, 0.717) is 32.8 Å². The Hall–Kier alpha value is -2.67. The fourth-order valence-corrected chi connectivity index (χ4v) is 4.79. The average molecular weight is 473 g/mol. The number of nitrogens with one attached hydrogen (secondary N) is 1. The van der Waals surface area contributed by atoms with E-state index in [1.54, 1.807) is 30.2 Å². The number of carbonyl (C=O) groups is 2. The molecular weight excluding hydrogens is 455 g/mol. The summed E-state index contributed by atoms with van der Waals surface area (Å²) in [6, 6.07) is 19.6. The molecule has 2 amide bonds. The van der Waals surface area contributed by atoms with E-state index < -0.39 is 0 Å². The van der Waals surface area contributed by atoms with Crippen molar-refractivity contribution in [3.63, 3.8) is 0 Å². The van der Waals surface area contributed by atoms with E-state index in [-0.39, 0.29) is 17.2 Å². The van der Waals surface area contributed by atoms with Gasteiger partial charge < -0.3 is 10.1 Å². The van der Waals surface area contributed by atoms with Crippen LogP contribution in [0, 0.1) is 0 Å². The quantitative estimate of drug-likeness (QED) is 0.492. The molecule has 0 aromatic heterocycles. The fourth-order valence-electron chi connectivity index (χ4n) is 3.32. The number of hydrogen-bond acceptors (Lipinski definition) is 4. The summed E-state index contributed by atoms with van der Waals surface area (Å²) in [6.45, 7) is 0. The molecule has 1 saturated heterocycles. The summed E-state index contributed by atoms with van der Waals surface area (Å²) in [5, 5.41) is 3.38. The number of thioether (sulfide) groups is 1. The zero-order valence-electron chi connectivity index (χ0n) is 16.5. The molecule has 0 spiro atoms. The number of rotatable bonds is 5. The first-order valence-corrected chi connectivity index (χ1v) is 11.2. The lowest BCUT2D eigenvalue weighted by atomic mass is 10.1. The van der Waals surface area contributed by atoms with Gasteiger partial charge in [0.05, 0.1) is 22.9 Å². The maximum Gasteiger partial charge on any atom is 0.255 e. The average Bonchev–Trinajstić information content (AvgIpc) is 3.17. The second-order valence-electron chi connectivity index (χ2n) is 6.84. The molecule has 158 valence electrons. The molecule has 0 aliphatic carbocycles. The summed E-state index contributed by atoms with van der Waals surface area (Å²) in [6.07, 6.45) is 0. The molecule has 8 heteroatoms. The number of hydrogen-bond donors (Lipinski definition) is 1. The van der Waals surface area contributed by atoms with Crippen LogP contribution in [0.25, 0.3) is 0 Å². The van der Waals surface area contributed by atoms with Gasteiger partial charge in [0.25, 0.3) is 5.91 Å². The summed E-state index contributed by atoms with van der Waals surface area (Å²) >= 11 is 13.5. The van der Waals surface area contributed by atoms with Crippen LogP contribution in [0.2, 0.25) is 10.0 Å². The van der Waals surface area contributed by atoms with Crippen LogP contribution in [0.4, 0.5) is 11.4 Å². The summed E-state index contributed by atoms with van der Waals surface area (Å²) in [5.41, 5.74) is 2.71. The summed E-state index contributed by atoms with van der Waals surface area (Å²) in [7, 11) is 1.59. The van der Waals surface area contributed by atoms with Crippen LogP contribution in [-0.4, -0.2) is 24.7 Å². The molecule has 1 aliphatic rings. The van der Waals surface area contributed by atoms with Crippen molar-refractivity contribution in [1.82, 2.24) is 0 Å². The van der Waals surface area contributed by atoms with Gasteiger partial charge in [-0.15, -0.1) is 11.8 Å². The number of halogens is 2. The Labute approximate surface area is 194 Å². The molecule has 1 aliphatic heterocycles. The molecule has 0 saturated carbocycles. The molecular formula is C23H18Cl2N2O3S. The minimum atomic E-state index is -0.296. The van der Waals surface area contributed by atoms with E-state index in [4.69, 9.17) is 27.9 Å². The predicted octanol–water partition coefficient (Wildman–Crippen LogP) is 6.03. The molecule has 5 nitrogen and oxygen atoms in total. The van der Waals surface area contributed by atoms with Gasteiger partial charge in [0.2, 0.25) is 5.91 Å². The van der Waals surface area contributed by atoms with E-state index in [1.165, 1.54) is 17.8 Å². The summed E-state index contributed by atoms with van der Waals surface area (Å²) < 4.78 is 5.30. The SMILES string of the molecule is COc1cccc(N2C(=O)CSC2c2cccc(NC(=O)c3ccc(Cl)c(Cl)c3)c2)c1. The van der Waals surface area contributed by atoms with E-state index in [2.05, 4.69) is 5.32 Å². The normalized spacial score (nSPS) is 15.8. The van der Waals surface area contributed by atoms with Gasteiger partial charge in [-0.25, -0.2) is 0 Å². The smallest absolute Gasteiger partial charge is 0.255 e. The Kier molecular flexibility index (Phi) is 6.41. The summed E-state index contributed by atoms with van der Waals surface area (Å²) in [4.78, 5) is 27.0. The molecule has 4 rings (SSSR count). The van der Waals surface area contributed by atoms with Crippen molar-refractivity contribution >= 4 is 58.2 Å². The number of anilines is 2. The summed E-state index contributed by atoms with van der Waals surface area (Å²) in [5.74, 6) is 0.787. The first-order valence-electron chi connectivity index (χ1n) is 9.40. The van der Waals surface area contributed by atoms with Gasteiger partial charge in [-0.2, -0.15) is 0 Å². The van der Waals surface area contributed by atoms with Crippen molar-refractivity contribution in [3.05, 3.63) is 87.9 Å². The van der Waals surface area contributed by atoms with Crippen LogP contribution < -0.4 is 15.0 Å². The third-order valence-electron chi connectivity index (χ3n) is 4.81. The molecule has 1 fully saturated rings. The Balaban J connectivity index is 1.58. The van der Waals surface area contributed by atoms with E-state index >= 15 is 0 Å². The topological polar surface area (TPSA) is 58.6 Å². The lowest BCUT2D eigenvalue weighted by molar-refractivity contribution is -0.115. The van der Waals surface area contributed by atoms with Crippen LogP contribution in [0.1, 0.15) is 21.3 Å². The van der Waals surface area contributed by atoms with Crippen molar-refractivity contribution in [2.24, 2.45) is 0 Å². The van der Waals surface area contributed by atoms with Gasteiger partial charge in [0.15, 0.2) is 0 Å². The van der Waals surface area contributed by atoms with Gasteiger partial charge in [-0.05, 0) is 48.0 Å². The van der Waals surface area contributed by atoms with Crippen LogP contribution in [0.3, 0.4) is 0 Å². The van der Waals surface area contributed by atoms with Gasteiger partial charge in [0, 0.05) is 23.0 Å². The highest BCUT2D eigenvalue weighted by Crippen LogP contribution is 2.43. The molecule has 3 aromatic carbocycles. The standard InChI is InChI=1S/C23H18Cl2N2O3S/c1-30-18-7-3-6-17(12-18)27-21(28)13-31-23(27)15-4-2-5-16(10-15)26-22(29)14-8-9-19(24)20(25)11-14/h2-12,23H,13H2,1H3,(H,26,29). The zero-order chi connectivity index (χ0) is 22.0. The number of amides is 2. The number of methoxy groups -OCH3 is 1. The molecule has 1 heterocycles. The number of ether oxygens (including phenoxy) is 1. The highest BCUT2D eigenvalue weighted by molar-refractivity contribution is 8.00. The third kappa shape index (κ3) is 4.66. The van der Waals surface area contributed by atoms with Crippen molar-refractivity contribution in [2.45, 2.75) is 5.37 Å². The highest BCUT2D eigenvalue weighted by atomic mass is 35.5. The van der Waals surface area contributed by atoms with Gasteiger partial charge in [0.1, 0.15) is 11.1 Å². The largest absolute Gasteiger partial charge is 0.497 e. The molecule has 1 N–H and O–H groups in total. The first kappa shape index (κ1) is 21.6. The molecule has 31 heavy (non-hydrogen) atoms. The zero-order valence-corrected chi connectivity index (χ0v) is 18.8. The van der Waals surface area contributed by atoms with Crippen molar-refractivity contribution in [3.8, 4) is 5.75 Å². The Morgan fingerprint density at radius 1 is 1.06 bits per heavy atom. The molecule has 1 unspecified atom stereocenters. The number of benzene rings is 3. The second-order valence-corrected chi connectivity index (χ2v) is 8.72. The minimum absolute atomic E-state index is 0.0218. The van der Waals surface area contributed by atoms with Gasteiger partial charge >= 0.3 is 0 Å². The Morgan fingerprint density at radius 3 is 2.65 bits per heavy atom. The highest BCUT2D eigenvalue weighted by Gasteiger charge is 2.34. The maximum atomic E-state index is 12.6. The number of nitrogens with zero attached hydrogens (tertiary/aromatic N) is 1. The van der Waals surface area contributed by atoms with Gasteiger partial charge in [-0.1, -0.05) is 41.4 Å². The second kappa shape index (κ2) is 9.22. The van der Waals surface area contributed by atoms with Crippen LogP contribution in [0.5, 0.6) is 5.75 Å². The van der Waals surface area contributed by atoms with Crippen LogP contribution in [0.15, 0.2) is 66.7 Å². The van der Waals surface area contributed by atoms with Crippen molar-refractivity contribution < 1.29 is 14.3 Å². The lowest BCUT2D eigenvalue weighted by Crippen LogP contribution is -2.27. The van der Waals surface area contributed by atoms with Crippen molar-refractivity contribution in [1.29, 1.82) is 0 Å². The first-order chi connectivity index (χ1) is 15.0. The lowest BCUT2D eigenvalue weighted by Gasteiger charge is -2.25. The molecule has 0 radical (unpaired) electrons. The fraction of sp³-hybridized carbons (Fsp3) is 0.130. The number of carbonyl (C=O) groups excluding carboxylic acids is 2. The predicted molar refractivity (Wildman–Crippen MR) is 127 cm³/mol. The monoisotopic (exact) mass is 472 g/mol. The molecule has 1 atom stereocenters. The van der Waals surface area contributed by atoms with Crippen LogP contribution in [-0.2, 0) is 4.79 Å². The van der Waals surface area contributed by atoms with E-state index in [9.17, 15) is 9.59 Å². The van der Waals surface area contributed by atoms with Crippen molar-refractivity contribution in [2.75, 3.05) is 23.1 Å². The third-order valence-corrected chi connectivity index (χ3v) is 6.76. The van der Waals surface area contributed by atoms with Crippen LogP contribution >= 0.6 is 35.0 Å². The Bertz CT molecular complexity index is 1160. The van der Waals surface area contributed by atoms with E-state index in [1.807, 2.05) is 42.5 Å². The maximum absolute atomic E-state index is 12.6. The van der Waals surface area contributed by atoms with E-state index in [0.717, 1.165) is 11.3 Å². The van der Waals surface area contributed by atoms with Gasteiger partial charge in [-0.3, -0.25) is 14.5 Å². The molecule has 3 aromatic rings.